The van der Waals surface area contributed by atoms with Gasteiger partial charge >= 0.3 is 35.9 Å². The molecule has 3 aromatic rings. The van der Waals surface area contributed by atoms with Crippen molar-refractivity contribution in [2.75, 3.05) is 20.2 Å². The minimum atomic E-state index is -2.58. The predicted molar refractivity (Wildman–Crippen MR) is 268 cm³/mol. The maximum atomic E-state index is 14.5. The van der Waals surface area contributed by atoms with E-state index in [1.807, 2.05) is 6.07 Å². The predicted octanol–water partition coefficient (Wildman–Crippen LogP) is 3.61. The third-order valence-electron chi connectivity index (χ3n) is 13.3. The molecule has 24 heteroatoms. The number of hydrogen-bond donors (Lipinski definition) is 4. The quantitative estimate of drug-likeness (QED) is 0.0673. The number of benzene rings is 2. The molecule has 1 aromatic heterocycles. The zero-order valence-electron chi connectivity index (χ0n) is 44.4. The van der Waals surface area contributed by atoms with Crippen LogP contribution in [-0.4, -0.2) is 137 Å². The molecule has 0 bridgehead atoms. The third-order valence-corrected chi connectivity index (χ3v) is 13.3. The Labute approximate surface area is 445 Å². The molecular weight excluding hydrogens is 1010 g/mol. The van der Waals surface area contributed by atoms with Crippen molar-refractivity contribution in [1.82, 2.24) is 36.3 Å². The lowest BCUT2D eigenvalue weighted by molar-refractivity contribution is -0.327. The molecular formula is C53H69N7O17. The van der Waals surface area contributed by atoms with Gasteiger partial charge in [0.1, 0.15) is 37.7 Å². The van der Waals surface area contributed by atoms with Crippen LogP contribution in [0.25, 0.3) is 0 Å². The van der Waals surface area contributed by atoms with Gasteiger partial charge in [-0.05, 0) is 68.4 Å². The second kappa shape index (κ2) is 27.5. The van der Waals surface area contributed by atoms with Crippen LogP contribution in [-0.2, 0) is 79.9 Å². The number of rotatable bonds is 21. The first kappa shape index (κ1) is 58.8. The summed E-state index contributed by atoms with van der Waals surface area (Å²) in [5, 5.41) is 19.3. The zero-order valence-corrected chi connectivity index (χ0v) is 44.4. The van der Waals surface area contributed by atoms with Crippen LogP contribution in [0.15, 0.2) is 48.7 Å². The molecule has 2 aromatic carbocycles. The average molecular weight is 1080 g/mol. The first-order valence-corrected chi connectivity index (χ1v) is 25.7. The third kappa shape index (κ3) is 16.8. The van der Waals surface area contributed by atoms with Gasteiger partial charge in [0.2, 0.25) is 11.8 Å². The molecule has 8 atom stereocenters. The van der Waals surface area contributed by atoms with Crippen molar-refractivity contribution in [1.29, 1.82) is 0 Å². The van der Waals surface area contributed by atoms with Crippen LogP contribution >= 0.6 is 0 Å². The summed E-state index contributed by atoms with van der Waals surface area (Å²) in [6.45, 7) is 6.19. The summed E-state index contributed by atoms with van der Waals surface area (Å²) in [4.78, 5) is 120. The van der Waals surface area contributed by atoms with E-state index >= 15 is 0 Å². The summed E-state index contributed by atoms with van der Waals surface area (Å²) in [6, 6.07) is 9.53. The fourth-order valence-corrected chi connectivity index (χ4v) is 9.98. The lowest BCUT2D eigenvalue weighted by atomic mass is 9.86. The molecule has 0 radical (unpaired) electrons. The Kier molecular flexibility index (Phi) is 21.0. The lowest BCUT2D eigenvalue weighted by Crippen LogP contribution is -2.70. The fraction of sp³-hybridized carbons (Fsp3) is 0.566. The van der Waals surface area contributed by atoms with Crippen molar-refractivity contribution in [3.05, 3.63) is 76.6 Å². The minimum absolute atomic E-state index is 0.0338. The standard InChI is InChI=1S/C53H69N7O17/c1-30-22-38(23-31(2)47(30)74-34(5)63)50(67)54-25-43(73-33(4)62)48(75-35(6)64)49-46(57-45(66)28-60-27-40(58-59-60)37-18-12-9-13-19-37)42(72-32(3)61)24-53(77-49,51(68)70-7)76-41-21-15-14-20-39(41)56-44(65)26-55-52(69)71-29-36-16-10-8-11-17-36/h8,10-11,16-17,22-23,27,37,39,41-43,46,48-49H,9,12-15,18-21,24-26,28-29H2,1-7H3,(H,54,67)(H,55,69)(H,56,65)(H,57,66)/t39-,41-,42+,43-,46-,48-,49-,53-/m1/s1. The van der Waals surface area contributed by atoms with Crippen LogP contribution in [0.1, 0.15) is 131 Å². The summed E-state index contributed by atoms with van der Waals surface area (Å²) in [5.41, 5.74) is 2.48. The number of aryl methyl sites for hydroxylation is 2. The van der Waals surface area contributed by atoms with E-state index in [1.54, 1.807) is 44.3 Å². The van der Waals surface area contributed by atoms with Gasteiger partial charge in [0, 0.05) is 45.4 Å². The number of methoxy groups -OCH3 is 1. The molecule has 4 N–H and O–H groups in total. The zero-order chi connectivity index (χ0) is 55.8. The van der Waals surface area contributed by atoms with Crippen LogP contribution in [0, 0.1) is 13.8 Å². The number of carbonyl (C=O) groups is 9. The summed E-state index contributed by atoms with van der Waals surface area (Å²) in [5.74, 6) is -8.69. The molecule has 0 spiro atoms. The van der Waals surface area contributed by atoms with Crippen molar-refractivity contribution in [2.45, 2.75) is 173 Å². The highest BCUT2D eigenvalue weighted by Crippen LogP contribution is 2.40. The van der Waals surface area contributed by atoms with Gasteiger partial charge in [-0.15, -0.1) is 5.10 Å². The Balaban J connectivity index is 1.34. The molecule has 77 heavy (non-hydrogen) atoms. The number of alkyl carbamates (subject to hydrolysis) is 1. The monoisotopic (exact) mass is 1080 g/mol. The Morgan fingerprint density at radius 2 is 1.45 bits per heavy atom. The van der Waals surface area contributed by atoms with Crippen molar-refractivity contribution in [2.24, 2.45) is 0 Å². The van der Waals surface area contributed by atoms with Gasteiger partial charge in [0.15, 0.2) is 12.2 Å². The summed E-state index contributed by atoms with van der Waals surface area (Å²) < 4.78 is 48.2. The molecule has 0 unspecified atom stereocenters. The van der Waals surface area contributed by atoms with E-state index in [2.05, 4.69) is 31.6 Å². The Morgan fingerprint density at radius 3 is 2.10 bits per heavy atom. The van der Waals surface area contributed by atoms with Gasteiger partial charge in [0.25, 0.3) is 11.7 Å². The summed E-state index contributed by atoms with van der Waals surface area (Å²) >= 11 is 0. The largest absolute Gasteiger partial charge is 0.465 e. The smallest absolute Gasteiger partial charge is 0.407 e. The number of carbonyl (C=O) groups excluding carboxylic acids is 9. The molecule has 418 valence electrons. The second-order valence-corrected chi connectivity index (χ2v) is 19.4. The number of ether oxygens (including phenoxy) is 8. The van der Waals surface area contributed by atoms with E-state index in [1.165, 1.54) is 23.7 Å². The van der Waals surface area contributed by atoms with Crippen LogP contribution < -0.4 is 26.0 Å². The molecule has 3 fully saturated rings. The number of aromatic nitrogens is 3. The van der Waals surface area contributed by atoms with Crippen molar-refractivity contribution in [3.63, 3.8) is 0 Å². The normalized spacial score (nSPS) is 22.1. The molecule has 1 saturated heterocycles. The van der Waals surface area contributed by atoms with Crippen molar-refractivity contribution >= 4 is 53.7 Å². The maximum Gasteiger partial charge on any atom is 0.407 e. The summed E-state index contributed by atoms with van der Waals surface area (Å²) in [6.07, 6.45) is -1.01. The van der Waals surface area contributed by atoms with E-state index in [0.717, 1.165) is 71.2 Å². The average Bonchev–Trinajstić information content (AvgIpc) is 3.88. The maximum absolute atomic E-state index is 14.5. The number of amides is 4. The van der Waals surface area contributed by atoms with Crippen LogP contribution in [0.4, 0.5) is 4.79 Å². The van der Waals surface area contributed by atoms with Crippen LogP contribution in [0.5, 0.6) is 5.75 Å². The number of nitrogens with one attached hydrogen (secondary N) is 4. The first-order valence-electron chi connectivity index (χ1n) is 25.7. The summed E-state index contributed by atoms with van der Waals surface area (Å²) in [7, 11) is 1.05. The van der Waals surface area contributed by atoms with Gasteiger partial charge in [-0.3, -0.25) is 33.6 Å². The van der Waals surface area contributed by atoms with Gasteiger partial charge in [-0.2, -0.15) is 0 Å². The lowest BCUT2D eigenvalue weighted by Gasteiger charge is -2.50. The highest BCUT2D eigenvalue weighted by atomic mass is 16.7. The van der Waals surface area contributed by atoms with E-state index in [0.29, 0.717) is 30.4 Å². The fourth-order valence-electron chi connectivity index (χ4n) is 9.98. The molecule has 4 amide bonds. The number of nitrogens with zero attached hydrogens (tertiary/aromatic N) is 3. The second-order valence-electron chi connectivity index (χ2n) is 19.4. The SMILES string of the molecule is COC(=O)[C@@]1(O[C@@H]2CCCC[C@H]2NC(=O)CNC(=O)OCc2ccccc2)C[C@H](OC(C)=O)[C@@H](NC(=O)Cn2cc(C3CCCCC3)nn2)[C@H]([C@H](OC(C)=O)[C@@H](CNC(=O)c2cc(C)c(OC(C)=O)c(C)c2)OC(C)=O)O1. The highest BCUT2D eigenvalue weighted by molar-refractivity contribution is 5.95. The highest BCUT2D eigenvalue weighted by Gasteiger charge is 2.60. The Hall–Kier alpha value is -7.47. The van der Waals surface area contributed by atoms with Crippen molar-refractivity contribution < 1.29 is 81.0 Å². The van der Waals surface area contributed by atoms with Crippen molar-refractivity contribution in [3.8, 4) is 5.75 Å². The van der Waals surface area contributed by atoms with Gasteiger partial charge in [0.05, 0.1) is 44.0 Å². The van der Waals surface area contributed by atoms with E-state index in [9.17, 15) is 43.2 Å². The van der Waals surface area contributed by atoms with Crippen LogP contribution in [0.2, 0.25) is 0 Å². The molecule has 2 aliphatic carbocycles. The minimum Gasteiger partial charge on any atom is -0.465 e. The number of hydrogen-bond acceptors (Lipinski definition) is 19. The Morgan fingerprint density at radius 1 is 0.779 bits per heavy atom. The van der Waals surface area contributed by atoms with E-state index < -0.39 is 128 Å². The van der Waals surface area contributed by atoms with Crippen LogP contribution in [0.3, 0.4) is 0 Å². The van der Waals surface area contributed by atoms with Gasteiger partial charge in [-0.1, -0.05) is 67.6 Å². The Bertz CT molecular complexity index is 2580. The molecule has 3 aliphatic rings. The number of esters is 5. The molecule has 24 nitrogen and oxygen atoms in total. The first-order chi connectivity index (χ1) is 36.7. The molecule has 2 heterocycles. The molecule has 6 rings (SSSR count). The van der Waals surface area contributed by atoms with Gasteiger partial charge in [-0.25, -0.2) is 14.3 Å². The topological polar surface area (TPSA) is 306 Å². The van der Waals surface area contributed by atoms with E-state index in [-0.39, 0.29) is 30.3 Å². The van der Waals surface area contributed by atoms with Gasteiger partial charge < -0.3 is 59.2 Å². The molecule has 1 aliphatic heterocycles. The van der Waals surface area contributed by atoms with E-state index in [4.69, 9.17) is 37.9 Å². The molecule has 2 saturated carbocycles.